The second-order valence-electron chi connectivity index (χ2n) is 4.05. The topological polar surface area (TPSA) is 55.7 Å². The SMILES string of the molecule is Cc1[nH]cnc1-c1nccn1C1CCOC1. The monoisotopic (exact) mass is 218 g/mol. The van der Waals surface area contributed by atoms with Gasteiger partial charge in [-0.1, -0.05) is 0 Å². The van der Waals surface area contributed by atoms with E-state index in [0.717, 1.165) is 36.8 Å². The summed E-state index contributed by atoms with van der Waals surface area (Å²) in [5.41, 5.74) is 1.98. The molecule has 0 bridgehead atoms. The number of rotatable bonds is 2. The molecule has 0 aromatic carbocycles. The lowest BCUT2D eigenvalue weighted by Gasteiger charge is -2.12. The average molecular weight is 218 g/mol. The zero-order chi connectivity index (χ0) is 11.0. The van der Waals surface area contributed by atoms with Crippen molar-refractivity contribution in [2.24, 2.45) is 0 Å². The minimum atomic E-state index is 0.397. The Morgan fingerprint density at radius 2 is 2.44 bits per heavy atom. The van der Waals surface area contributed by atoms with Gasteiger partial charge in [-0.25, -0.2) is 9.97 Å². The van der Waals surface area contributed by atoms with Crippen LogP contribution in [0.25, 0.3) is 11.5 Å². The Bertz CT molecular complexity index is 482. The van der Waals surface area contributed by atoms with Crippen molar-refractivity contribution in [3.8, 4) is 11.5 Å². The van der Waals surface area contributed by atoms with Crippen molar-refractivity contribution in [2.75, 3.05) is 13.2 Å². The maximum absolute atomic E-state index is 5.41. The molecule has 1 aliphatic rings. The van der Waals surface area contributed by atoms with Crippen molar-refractivity contribution in [1.82, 2.24) is 19.5 Å². The van der Waals surface area contributed by atoms with E-state index in [4.69, 9.17) is 4.74 Å². The Morgan fingerprint density at radius 1 is 1.50 bits per heavy atom. The maximum atomic E-state index is 5.41. The molecule has 0 aliphatic carbocycles. The van der Waals surface area contributed by atoms with E-state index in [-0.39, 0.29) is 0 Å². The number of aromatic nitrogens is 4. The van der Waals surface area contributed by atoms with E-state index >= 15 is 0 Å². The van der Waals surface area contributed by atoms with Crippen molar-refractivity contribution < 1.29 is 4.74 Å². The molecule has 1 saturated heterocycles. The normalized spacial score (nSPS) is 20.4. The smallest absolute Gasteiger partial charge is 0.160 e. The Labute approximate surface area is 93.5 Å². The molecule has 0 radical (unpaired) electrons. The van der Waals surface area contributed by atoms with E-state index in [2.05, 4.69) is 19.5 Å². The van der Waals surface area contributed by atoms with Crippen LogP contribution in [0.5, 0.6) is 0 Å². The highest BCUT2D eigenvalue weighted by atomic mass is 16.5. The highest BCUT2D eigenvalue weighted by Crippen LogP contribution is 2.26. The minimum absolute atomic E-state index is 0.397. The van der Waals surface area contributed by atoms with Crippen LogP contribution in [0.2, 0.25) is 0 Å². The minimum Gasteiger partial charge on any atom is -0.379 e. The third-order valence-electron chi connectivity index (χ3n) is 3.01. The maximum Gasteiger partial charge on any atom is 0.160 e. The van der Waals surface area contributed by atoms with Gasteiger partial charge in [0, 0.05) is 24.7 Å². The van der Waals surface area contributed by atoms with Gasteiger partial charge in [-0.3, -0.25) is 0 Å². The zero-order valence-electron chi connectivity index (χ0n) is 9.18. The fourth-order valence-corrected chi connectivity index (χ4v) is 2.12. The molecule has 5 heteroatoms. The number of hydrogen-bond acceptors (Lipinski definition) is 3. The lowest BCUT2D eigenvalue weighted by Crippen LogP contribution is -2.09. The van der Waals surface area contributed by atoms with E-state index in [1.165, 1.54) is 0 Å². The van der Waals surface area contributed by atoms with E-state index < -0.39 is 0 Å². The summed E-state index contributed by atoms with van der Waals surface area (Å²) in [5, 5.41) is 0. The molecule has 1 atom stereocenters. The van der Waals surface area contributed by atoms with Crippen molar-refractivity contribution in [1.29, 1.82) is 0 Å². The quantitative estimate of drug-likeness (QED) is 0.831. The van der Waals surface area contributed by atoms with Gasteiger partial charge in [-0.15, -0.1) is 0 Å². The van der Waals surface area contributed by atoms with Gasteiger partial charge in [0.1, 0.15) is 5.69 Å². The molecule has 3 heterocycles. The highest BCUT2D eigenvalue weighted by Gasteiger charge is 2.21. The first-order valence-corrected chi connectivity index (χ1v) is 5.47. The predicted octanol–water partition coefficient (Wildman–Crippen LogP) is 1.54. The summed E-state index contributed by atoms with van der Waals surface area (Å²) in [6.45, 7) is 3.61. The van der Waals surface area contributed by atoms with Crippen LogP contribution in [0, 0.1) is 6.92 Å². The number of nitrogens with zero attached hydrogens (tertiary/aromatic N) is 3. The van der Waals surface area contributed by atoms with Gasteiger partial charge in [0.05, 0.1) is 19.0 Å². The lowest BCUT2D eigenvalue weighted by molar-refractivity contribution is 0.187. The van der Waals surface area contributed by atoms with Crippen LogP contribution in [-0.4, -0.2) is 32.7 Å². The molecule has 2 aromatic heterocycles. The molecule has 0 saturated carbocycles. The zero-order valence-corrected chi connectivity index (χ0v) is 9.18. The van der Waals surface area contributed by atoms with Crippen molar-refractivity contribution in [3.05, 3.63) is 24.4 Å². The van der Waals surface area contributed by atoms with Gasteiger partial charge >= 0.3 is 0 Å². The molecule has 1 N–H and O–H groups in total. The number of H-pyrrole nitrogens is 1. The second-order valence-corrected chi connectivity index (χ2v) is 4.05. The highest BCUT2D eigenvalue weighted by molar-refractivity contribution is 5.53. The fourth-order valence-electron chi connectivity index (χ4n) is 2.12. The molecule has 2 aromatic rings. The first-order valence-electron chi connectivity index (χ1n) is 5.47. The van der Waals surface area contributed by atoms with Crippen molar-refractivity contribution in [3.63, 3.8) is 0 Å². The average Bonchev–Trinajstić information content (AvgIpc) is 2.95. The lowest BCUT2D eigenvalue weighted by atomic mass is 10.2. The Morgan fingerprint density at radius 3 is 3.12 bits per heavy atom. The van der Waals surface area contributed by atoms with Gasteiger partial charge in [0.2, 0.25) is 0 Å². The van der Waals surface area contributed by atoms with Crippen LogP contribution >= 0.6 is 0 Å². The summed E-state index contributed by atoms with van der Waals surface area (Å²) in [7, 11) is 0. The van der Waals surface area contributed by atoms with Gasteiger partial charge < -0.3 is 14.3 Å². The number of imidazole rings is 2. The van der Waals surface area contributed by atoms with E-state index in [9.17, 15) is 0 Å². The molecule has 0 spiro atoms. The Balaban J connectivity index is 2.02. The van der Waals surface area contributed by atoms with Crippen LogP contribution in [0.15, 0.2) is 18.7 Å². The van der Waals surface area contributed by atoms with Gasteiger partial charge in [0.15, 0.2) is 5.82 Å². The molecular weight excluding hydrogens is 204 g/mol. The largest absolute Gasteiger partial charge is 0.379 e. The number of aromatic amines is 1. The molecular formula is C11H14N4O. The van der Waals surface area contributed by atoms with Crippen LogP contribution in [-0.2, 0) is 4.74 Å². The van der Waals surface area contributed by atoms with Crippen LogP contribution in [0.3, 0.4) is 0 Å². The Kier molecular flexibility index (Phi) is 2.25. The molecule has 1 unspecified atom stereocenters. The third-order valence-corrected chi connectivity index (χ3v) is 3.01. The number of ether oxygens (including phenoxy) is 1. The summed E-state index contributed by atoms with van der Waals surface area (Å²) in [6, 6.07) is 0.397. The van der Waals surface area contributed by atoms with Gasteiger partial charge in [-0.05, 0) is 13.3 Å². The van der Waals surface area contributed by atoms with Crippen LogP contribution < -0.4 is 0 Å². The number of hydrogen-bond donors (Lipinski definition) is 1. The standard InChI is InChI=1S/C11H14N4O/c1-8-10(14-7-13-8)11-12-3-4-15(11)9-2-5-16-6-9/h3-4,7,9H,2,5-6H2,1H3,(H,13,14). The molecule has 1 aliphatic heterocycles. The molecule has 16 heavy (non-hydrogen) atoms. The van der Waals surface area contributed by atoms with E-state index in [1.807, 2.05) is 19.3 Å². The first kappa shape index (κ1) is 9.59. The summed E-state index contributed by atoms with van der Waals surface area (Å²) < 4.78 is 7.57. The molecule has 3 rings (SSSR count). The first-order chi connectivity index (χ1) is 7.86. The predicted molar refractivity (Wildman–Crippen MR) is 59.0 cm³/mol. The molecule has 5 nitrogen and oxygen atoms in total. The van der Waals surface area contributed by atoms with Crippen molar-refractivity contribution >= 4 is 0 Å². The molecule has 0 amide bonds. The second kappa shape index (κ2) is 3.75. The number of nitrogens with one attached hydrogen (secondary N) is 1. The van der Waals surface area contributed by atoms with Crippen LogP contribution in [0.1, 0.15) is 18.2 Å². The molecule has 1 fully saturated rings. The number of aryl methyl sites for hydroxylation is 1. The van der Waals surface area contributed by atoms with Crippen LogP contribution in [0.4, 0.5) is 0 Å². The van der Waals surface area contributed by atoms with E-state index in [1.54, 1.807) is 6.33 Å². The van der Waals surface area contributed by atoms with Gasteiger partial charge in [-0.2, -0.15) is 0 Å². The van der Waals surface area contributed by atoms with Gasteiger partial charge in [0.25, 0.3) is 0 Å². The fraction of sp³-hybridized carbons (Fsp3) is 0.455. The summed E-state index contributed by atoms with van der Waals surface area (Å²) in [4.78, 5) is 11.8. The van der Waals surface area contributed by atoms with E-state index in [0.29, 0.717) is 6.04 Å². The summed E-state index contributed by atoms with van der Waals surface area (Å²) >= 11 is 0. The Hall–Kier alpha value is -1.62. The third kappa shape index (κ3) is 1.44. The summed E-state index contributed by atoms with van der Waals surface area (Å²) in [5.74, 6) is 0.925. The summed E-state index contributed by atoms with van der Waals surface area (Å²) in [6.07, 6.45) is 6.58. The molecule has 84 valence electrons. The van der Waals surface area contributed by atoms with Crippen molar-refractivity contribution in [2.45, 2.75) is 19.4 Å².